The molecular weight excluding hydrogens is 244 g/mol. The fourth-order valence-corrected chi connectivity index (χ4v) is 1.73. The third kappa shape index (κ3) is 3.49. The smallest absolute Gasteiger partial charge is 0.0406 e. The van der Waals surface area contributed by atoms with Crippen molar-refractivity contribution in [3.05, 3.63) is 53.1 Å². The summed E-state index contributed by atoms with van der Waals surface area (Å²) in [7, 11) is 0. The quantitative estimate of drug-likeness (QED) is 0.802. The molecule has 0 aliphatic rings. The summed E-state index contributed by atoms with van der Waals surface area (Å²) in [5.41, 5.74) is 15.3. The van der Waals surface area contributed by atoms with Gasteiger partial charge in [-0.3, -0.25) is 0 Å². The Hall–Kier alpha value is -1.51. The van der Waals surface area contributed by atoms with E-state index in [0.29, 0.717) is 6.54 Å². The van der Waals surface area contributed by atoms with Crippen LogP contribution in [0.15, 0.2) is 42.5 Å². The number of anilines is 1. The Morgan fingerprint density at radius 3 is 2.06 bits per heavy atom. The van der Waals surface area contributed by atoms with Gasteiger partial charge in [0, 0.05) is 17.3 Å². The third-order valence-electron chi connectivity index (χ3n) is 2.54. The first-order valence-electron chi connectivity index (χ1n) is 6.05. The number of nitrogen functional groups attached to an aromatic ring is 1. The minimum absolute atomic E-state index is 0.452. The molecule has 18 heavy (non-hydrogen) atoms. The van der Waals surface area contributed by atoms with Crippen molar-refractivity contribution < 1.29 is 0 Å². The minimum Gasteiger partial charge on any atom is -0.398 e. The lowest BCUT2D eigenvalue weighted by molar-refractivity contribution is 1.08. The highest BCUT2D eigenvalue weighted by molar-refractivity contribution is 6.30. The molecule has 96 valence electrons. The molecule has 2 rings (SSSR count). The first-order valence-corrected chi connectivity index (χ1v) is 6.43. The van der Waals surface area contributed by atoms with E-state index in [0.717, 1.165) is 27.4 Å². The Morgan fingerprint density at radius 2 is 1.50 bits per heavy atom. The molecule has 3 heteroatoms. The molecule has 0 saturated carbocycles. The van der Waals surface area contributed by atoms with Crippen LogP contribution in [0, 0.1) is 0 Å². The maximum Gasteiger partial charge on any atom is 0.0406 e. The van der Waals surface area contributed by atoms with Crippen LogP contribution in [-0.4, -0.2) is 0 Å². The highest BCUT2D eigenvalue weighted by Crippen LogP contribution is 2.24. The second-order valence-corrected chi connectivity index (χ2v) is 4.06. The van der Waals surface area contributed by atoms with Crippen LogP contribution >= 0.6 is 11.6 Å². The predicted molar refractivity (Wildman–Crippen MR) is 80.5 cm³/mol. The number of rotatable bonds is 2. The van der Waals surface area contributed by atoms with Gasteiger partial charge in [0.15, 0.2) is 0 Å². The van der Waals surface area contributed by atoms with E-state index in [1.54, 1.807) is 0 Å². The van der Waals surface area contributed by atoms with Crippen molar-refractivity contribution in [3.63, 3.8) is 0 Å². The van der Waals surface area contributed by atoms with Crippen molar-refractivity contribution in [3.8, 4) is 11.1 Å². The Bertz CT molecular complexity index is 492. The second-order valence-electron chi connectivity index (χ2n) is 3.62. The van der Waals surface area contributed by atoms with Gasteiger partial charge in [0.2, 0.25) is 0 Å². The van der Waals surface area contributed by atoms with Gasteiger partial charge in [-0.15, -0.1) is 0 Å². The van der Waals surface area contributed by atoms with Crippen LogP contribution in [0.2, 0.25) is 5.02 Å². The van der Waals surface area contributed by atoms with Crippen LogP contribution in [0.3, 0.4) is 0 Å². The van der Waals surface area contributed by atoms with Crippen molar-refractivity contribution in [2.45, 2.75) is 20.4 Å². The summed E-state index contributed by atoms with van der Waals surface area (Å²) in [6, 6.07) is 13.6. The Morgan fingerprint density at radius 1 is 0.944 bits per heavy atom. The molecule has 0 aliphatic carbocycles. The summed E-state index contributed by atoms with van der Waals surface area (Å²) < 4.78 is 0. The molecule has 2 aromatic rings. The van der Waals surface area contributed by atoms with Crippen LogP contribution in [0.5, 0.6) is 0 Å². The zero-order chi connectivity index (χ0) is 13.5. The van der Waals surface area contributed by atoms with Crippen LogP contribution < -0.4 is 11.5 Å². The van der Waals surface area contributed by atoms with Gasteiger partial charge in [-0.1, -0.05) is 43.6 Å². The highest BCUT2D eigenvalue weighted by Gasteiger charge is 2.01. The van der Waals surface area contributed by atoms with E-state index >= 15 is 0 Å². The van der Waals surface area contributed by atoms with Crippen LogP contribution in [0.1, 0.15) is 19.4 Å². The molecule has 0 amide bonds. The van der Waals surface area contributed by atoms with Crippen LogP contribution in [-0.2, 0) is 6.54 Å². The van der Waals surface area contributed by atoms with E-state index in [2.05, 4.69) is 0 Å². The minimum atomic E-state index is 0.452. The molecule has 4 N–H and O–H groups in total. The number of hydrogen-bond donors (Lipinski definition) is 2. The Labute approximate surface area is 114 Å². The number of benzene rings is 2. The lowest BCUT2D eigenvalue weighted by Gasteiger charge is -2.07. The maximum absolute atomic E-state index is 5.84. The number of hydrogen-bond acceptors (Lipinski definition) is 2. The Balaban J connectivity index is 0.000000771. The zero-order valence-electron chi connectivity index (χ0n) is 10.8. The zero-order valence-corrected chi connectivity index (χ0v) is 11.5. The molecule has 2 aromatic carbocycles. The molecule has 0 radical (unpaired) electrons. The monoisotopic (exact) mass is 262 g/mol. The third-order valence-corrected chi connectivity index (χ3v) is 2.79. The van der Waals surface area contributed by atoms with E-state index in [-0.39, 0.29) is 0 Å². The second kappa shape index (κ2) is 7.04. The Kier molecular flexibility index (Phi) is 5.69. The van der Waals surface area contributed by atoms with Gasteiger partial charge in [0.05, 0.1) is 0 Å². The average Bonchev–Trinajstić information content (AvgIpc) is 2.43. The van der Waals surface area contributed by atoms with Gasteiger partial charge < -0.3 is 11.5 Å². The summed E-state index contributed by atoms with van der Waals surface area (Å²) in [6.07, 6.45) is 0. The largest absolute Gasteiger partial charge is 0.398 e. The molecule has 0 aliphatic heterocycles. The highest BCUT2D eigenvalue weighted by atomic mass is 35.5. The molecule has 0 saturated heterocycles. The van der Waals surface area contributed by atoms with Crippen molar-refractivity contribution >= 4 is 17.3 Å². The van der Waals surface area contributed by atoms with E-state index in [1.807, 2.05) is 56.3 Å². The first-order chi connectivity index (χ1) is 8.70. The topological polar surface area (TPSA) is 52.0 Å². The lowest BCUT2D eigenvalue weighted by atomic mass is 10.0. The van der Waals surface area contributed by atoms with E-state index in [1.165, 1.54) is 0 Å². The molecule has 0 atom stereocenters. The van der Waals surface area contributed by atoms with Crippen LogP contribution in [0.4, 0.5) is 5.69 Å². The van der Waals surface area contributed by atoms with Crippen molar-refractivity contribution in [1.29, 1.82) is 0 Å². The van der Waals surface area contributed by atoms with Gasteiger partial charge in [0.1, 0.15) is 0 Å². The normalized spacial score (nSPS) is 9.56. The molecule has 0 unspecified atom stereocenters. The van der Waals surface area contributed by atoms with Crippen LogP contribution in [0.25, 0.3) is 11.1 Å². The molecule has 0 aromatic heterocycles. The summed E-state index contributed by atoms with van der Waals surface area (Å²) in [5, 5.41) is 0.734. The standard InChI is InChI=1S/C13H13ClN2.C2H6/c14-12-4-1-9(2-5-12)10-3-6-13(16)11(7-10)8-15;1-2/h1-7H,8,15-16H2;1-2H3. The number of halogens is 1. The maximum atomic E-state index is 5.84. The van der Waals surface area contributed by atoms with Crippen molar-refractivity contribution in [2.75, 3.05) is 5.73 Å². The molecule has 0 heterocycles. The fourth-order valence-electron chi connectivity index (χ4n) is 1.60. The van der Waals surface area contributed by atoms with Gasteiger partial charge >= 0.3 is 0 Å². The SMILES string of the molecule is CC.NCc1cc(-c2ccc(Cl)cc2)ccc1N. The van der Waals surface area contributed by atoms with Gasteiger partial charge in [-0.2, -0.15) is 0 Å². The number of nitrogens with two attached hydrogens (primary N) is 2. The first kappa shape index (κ1) is 14.6. The molecule has 0 spiro atoms. The predicted octanol–water partition coefficient (Wildman–Crippen LogP) is 4.07. The van der Waals surface area contributed by atoms with Crippen molar-refractivity contribution in [1.82, 2.24) is 0 Å². The average molecular weight is 263 g/mol. The van der Waals surface area contributed by atoms with Gasteiger partial charge in [0.25, 0.3) is 0 Å². The summed E-state index contributed by atoms with van der Waals surface area (Å²) in [6.45, 7) is 4.45. The lowest BCUT2D eigenvalue weighted by Crippen LogP contribution is -2.01. The summed E-state index contributed by atoms with van der Waals surface area (Å²) in [4.78, 5) is 0. The van der Waals surface area contributed by atoms with E-state index < -0.39 is 0 Å². The summed E-state index contributed by atoms with van der Waals surface area (Å²) >= 11 is 5.84. The fraction of sp³-hybridized carbons (Fsp3) is 0.200. The van der Waals surface area contributed by atoms with Gasteiger partial charge in [-0.05, 0) is 41.0 Å². The molecule has 2 nitrogen and oxygen atoms in total. The van der Waals surface area contributed by atoms with Crippen molar-refractivity contribution in [2.24, 2.45) is 5.73 Å². The van der Waals surface area contributed by atoms with E-state index in [4.69, 9.17) is 23.1 Å². The summed E-state index contributed by atoms with van der Waals surface area (Å²) in [5.74, 6) is 0. The van der Waals surface area contributed by atoms with E-state index in [9.17, 15) is 0 Å². The van der Waals surface area contributed by atoms with Gasteiger partial charge in [-0.25, -0.2) is 0 Å². The molecular formula is C15H19ClN2. The molecule has 0 fully saturated rings. The molecule has 0 bridgehead atoms.